The molecule has 0 amide bonds. The second-order valence-electron chi connectivity index (χ2n) is 9.26. The Morgan fingerprint density at radius 1 is 1.07 bits per heavy atom. The summed E-state index contributed by atoms with van der Waals surface area (Å²) in [7, 11) is 2.21. The van der Waals surface area contributed by atoms with Crippen molar-refractivity contribution in [3.05, 3.63) is 40.6 Å². The quantitative estimate of drug-likeness (QED) is 0.693. The van der Waals surface area contributed by atoms with E-state index in [1.54, 1.807) is 0 Å². The standard InChI is InChI=1S/C24H28N4O/c1-28-11-3-5-16(13-28)19-12-25-23-20(15-7-8-15)21(26-27-22(19)23)18-10-9-14-4-2-6-17(14)24(18)29/h9-10,12,15-16,25,29H,2-8,11,13H2,1H3. The number of nitrogens with zero attached hydrogens (tertiary/aromatic N) is 3. The number of fused-ring (bicyclic) bond motifs is 2. The third kappa shape index (κ3) is 2.78. The largest absolute Gasteiger partial charge is 0.507 e. The van der Waals surface area contributed by atoms with Crippen LogP contribution in [0.1, 0.15) is 66.2 Å². The van der Waals surface area contributed by atoms with Gasteiger partial charge in [0.15, 0.2) is 0 Å². The molecule has 3 aromatic rings. The Bertz CT molecular complexity index is 1100. The molecule has 1 aromatic carbocycles. The average Bonchev–Trinajstić information content (AvgIpc) is 3.28. The Morgan fingerprint density at radius 2 is 1.97 bits per heavy atom. The zero-order valence-corrected chi connectivity index (χ0v) is 17.0. The van der Waals surface area contributed by atoms with E-state index in [1.807, 2.05) is 0 Å². The van der Waals surface area contributed by atoms with Crippen LogP contribution in [-0.4, -0.2) is 45.3 Å². The van der Waals surface area contributed by atoms with Gasteiger partial charge in [-0.3, -0.25) is 0 Å². The first kappa shape index (κ1) is 17.5. The first-order chi connectivity index (χ1) is 14.2. The van der Waals surface area contributed by atoms with Crippen LogP contribution in [-0.2, 0) is 12.8 Å². The molecule has 0 radical (unpaired) electrons. The van der Waals surface area contributed by atoms with Crippen LogP contribution in [0.5, 0.6) is 5.75 Å². The molecular formula is C24H28N4O. The average molecular weight is 389 g/mol. The minimum atomic E-state index is 0.427. The molecule has 2 aromatic heterocycles. The number of aryl methyl sites for hydroxylation is 1. The van der Waals surface area contributed by atoms with Crippen molar-refractivity contribution in [1.82, 2.24) is 20.1 Å². The van der Waals surface area contributed by atoms with Crippen LogP contribution in [0, 0.1) is 0 Å². The van der Waals surface area contributed by atoms with E-state index in [1.165, 1.54) is 48.9 Å². The van der Waals surface area contributed by atoms with Gasteiger partial charge in [-0.2, -0.15) is 0 Å². The number of benzene rings is 1. The number of piperidine rings is 1. The molecule has 1 saturated carbocycles. The molecule has 150 valence electrons. The number of H-pyrrole nitrogens is 1. The van der Waals surface area contributed by atoms with Gasteiger partial charge in [-0.05, 0) is 81.6 Å². The Hall–Kier alpha value is -2.40. The van der Waals surface area contributed by atoms with E-state index in [4.69, 9.17) is 10.2 Å². The smallest absolute Gasteiger partial charge is 0.128 e. The molecule has 5 nitrogen and oxygen atoms in total. The van der Waals surface area contributed by atoms with Crippen LogP contribution >= 0.6 is 0 Å². The minimum absolute atomic E-state index is 0.427. The number of phenols is 1. The minimum Gasteiger partial charge on any atom is -0.507 e. The number of aromatic nitrogens is 3. The van der Waals surface area contributed by atoms with E-state index in [-0.39, 0.29) is 0 Å². The summed E-state index contributed by atoms with van der Waals surface area (Å²) in [5, 5.41) is 20.5. The number of likely N-dealkylation sites (N-methyl/N-ethyl adjacent to an activating group) is 1. The molecule has 29 heavy (non-hydrogen) atoms. The monoisotopic (exact) mass is 388 g/mol. The fourth-order valence-corrected chi connectivity index (χ4v) is 5.55. The molecule has 3 aliphatic rings. The van der Waals surface area contributed by atoms with Gasteiger partial charge in [-0.15, -0.1) is 10.2 Å². The van der Waals surface area contributed by atoms with Gasteiger partial charge in [-0.25, -0.2) is 0 Å². The summed E-state index contributed by atoms with van der Waals surface area (Å²) >= 11 is 0. The molecule has 1 unspecified atom stereocenters. The molecule has 2 aliphatic carbocycles. The number of rotatable bonds is 3. The highest BCUT2D eigenvalue weighted by atomic mass is 16.3. The first-order valence-corrected chi connectivity index (χ1v) is 11.1. The Morgan fingerprint density at radius 3 is 2.79 bits per heavy atom. The fraction of sp³-hybridized carbons (Fsp3) is 0.500. The van der Waals surface area contributed by atoms with Gasteiger partial charge in [-0.1, -0.05) is 6.07 Å². The number of hydrogen-bond acceptors (Lipinski definition) is 4. The van der Waals surface area contributed by atoms with Gasteiger partial charge < -0.3 is 15.0 Å². The number of aromatic amines is 1. The second-order valence-corrected chi connectivity index (χ2v) is 9.26. The third-order valence-corrected chi connectivity index (χ3v) is 7.21. The molecular weight excluding hydrogens is 360 g/mol. The Balaban J connectivity index is 1.50. The maximum atomic E-state index is 11.0. The molecule has 2 N–H and O–H groups in total. The highest BCUT2D eigenvalue weighted by Crippen LogP contribution is 2.49. The molecule has 0 bridgehead atoms. The summed E-state index contributed by atoms with van der Waals surface area (Å²) < 4.78 is 0. The first-order valence-electron chi connectivity index (χ1n) is 11.1. The molecule has 0 spiro atoms. The van der Waals surface area contributed by atoms with E-state index in [0.717, 1.165) is 53.7 Å². The van der Waals surface area contributed by atoms with E-state index in [9.17, 15) is 5.11 Å². The predicted octanol–water partition coefficient (Wildman–Crippen LogP) is 4.51. The predicted molar refractivity (Wildman–Crippen MR) is 114 cm³/mol. The summed E-state index contributed by atoms with van der Waals surface area (Å²) in [6.07, 6.45) is 10.2. The molecule has 2 fully saturated rings. The highest BCUT2D eigenvalue weighted by Gasteiger charge is 2.33. The summed E-state index contributed by atoms with van der Waals surface area (Å²) in [5.74, 6) is 1.47. The fourth-order valence-electron chi connectivity index (χ4n) is 5.55. The maximum absolute atomic E-state index is 11.0. The van der Waals surface area contributed by atoms with Gasteiger partial charge in [0.1, 0.15) is 17.0 Å². The van der Waals surface area contributed by atoms with E-state index >= 15 is 0 Å². The van der Waals surface area contributed by atoms with Gasteiger partial charge in [0, 0.05) is 35.3 Å². The van der Waals surface area contributed by atoms with Crippen molar-refractivity contribution in [3.63, 3.8) is 0 Å². The van der Waals surface area contributed by atoms with Crippen LogP contribution in [0.2, 0.25) is 0 Å². The lowest BCUT2D eigenvalue weighted by molar-refractivity contribution is 0.251. The maximum Gasteiger partial charge on any atom is 0.128 e. The summed E-state index contributed by atoms with van der Waals surface area (Å²) in [6.45, 7) is 2.26. The normalized spacial score (nSPS) is 22.3. The molecule has 1 saturated heterocycles. The Labute approximate surface area is 171 Å². The van der Waals surface area contributed by atoms with Crippen LogP contribution in [0.25, 0.3) is 22.3 Å². The molecule has 3 heterocycles. The number of nitrogens with one attached hydrogen (secondary N) is 1. The van der Waals surface area contributed by atoms with E-state index in [2.05, 4.69) is 35.3 Å². The van der Waals surface area contributed by atoms with Crippen molar-refractivity contribution in [2.24, 2.45) is 0 Å². The number of hydrogen-bond donors (Lipinski definition) is 2. The van der Waals surface area contributed by atoms with Crippen molar-refractivity contribution >= 4 is 11.0 Å². The molecule has 1 atom stereocenters. The van der Waals surface area contributed by atoms with E-state index < -0.39 is 0 Å². The van der Waals surface area contributed by atoms with E-state index in [0.29, 0.717) is 17.6 Å². The van der Waals surface area contributed by atoms with Crippen molar-refractivity contribution in [2.45, 2.75) is 56.8 Å². The van der Waals surface area contributed by atoms with Crippen LogP contribution < -0.4 is 0 Å². The number of phenolic OH excluding ortho intramolecular Hbond substituents is 1. The van der Waals surface area contributed by atoms with Crippen LogP contribution in [0.4, 0.5) is 0 Å². The van der Waals surface area contributed by atoms with Gasteiger partial charge in [0.05, 0.1) is 5.52 Å². The Kier molecular flexibility index (Phi) is 3.95. The number of likely N-dealkylation sites (tertiary alicyclic amines) is 1. The lowest BCUT2D eigenvalue weighted by Gasteiger charge is -2.29. The van der Waals surface area contributed by atoms with Crippen LogP contribution in [0.3, 0.4) is 0 Å². The van der Waals surface area contributed by atoms with Crippen molar-refractivity contribution in [2.75, 3.05) is 20.1 Å². The van der Waals surface area contributed by atoms with Gasteiger partial charge >= 0.3 is 0 Å². The lowest BCUT2D eigenvalue weighted by Crippen LogP contribution is -2.30. The zero-order chi connectivity index (χ0) is 19.5. The van der Waals surface area contributed by atoms with Crippen molar-refractivity contribution in [1.29, 1.82) is 0 Å². The number of aromatic hydroxyl groups is 1. The third-order valence-electron chi connectivity index (χ3n) is 7.21. The van der Waals surface area contributed by atoms with Crippen molar-refractivity contribution in [3.8, 4) is 17.0 Å². The van der Waals surface area contributed by atoms with Gasteiger partial charge in [0.2, 0.25) is 0 Å². The lowest BCUT2D eigenvalue weighted by atomic mass is 9.91. The summed E-state index contributed by atoms with van der Waals surface area (Å²) in [5.41, 5.74) is 8.89. The van der Waals surface area contributed by atoms with Crippen LogP contribution in [0.15, 0.2) is 18.3 Å². The van der Waals surface area contributed by atoms with Gasteiger partial charge in [0.25, 0.3) is 0 Å². The molecule has 1 aliphatic heterocycles. The van der Waals surface area contributed by atoms with Crippen molar-refractivity contribution < 1.29 is 5.11 Å². The highest BCUT2D eigenvalue weighted by molar-refractivity contribution is 5.89. The zero-order valence-electron chi connectivity index (χ0n) is 17.0. The summed E-state index contributed by atoms with van der Waals surface area (Å²) in [6, 6.07) is 4.24. The molecule has 6 rings (SSSR count). The summed E-state index contributed by atoms with van der Waals surface area (Å²) in [4.78, 5) is 5.99. The topological polar surface area (TPSA) is 65.0 Å². The SMILES string of the molecule is CN1CCCC(c2c[nH]c3c(C4CC4)c(-c4ccc5c(c4O)CCC5)nnc23)C1. The molecule has 5 heteroatoms. The second kappa shape index (κ2) is 6.56.